The van der Waals surface area contributed by atoms with E-state index in [1.807, 2.05) is 12.1 Å². The van der Waals surface area contributed by atoms with Crippen LogP contribution in [0.4, 0.5) is 5.69 Å². The number of hydrogen-bond donors (Lipinski definition) is 0. The second-order valence-corrected chi connectivity index (χ2v) is 4.01. The molecule has 90 valence electrons. The molecule has 0 aliphatic heterocycles. The van der Waals surface area contributed by atoms with Gasteiger partial charge in [0.05, 0.1) is 17.0 Å². The third-order valence-corrected chi connectivity index (χ3v) is 2.49. The molecule has 0 radical (unpaired) electrons. The van der Waals surface area contributed by atoms with Crippen molar-refractivity contribution in [2.45, 2.75) is 13.5 Å². The van der Waals surface area contributed by atoms with Gasteiger partial charge in [-0.1, -0.05) is 29.8 Å². The van der Waals surface area contributed by atoms with E-state index in [9.17, 15) is 0 Å². The first-order chi connectivity index (χ1) is 8.78. The predicted octanol–water partition coefficient (Wildman–Crippen LogP) is 3.70. The van der Waals surface area contributed by atoms with E-state index in [1.54, 1.807) is 18.3 Å². The van der Waals surface area contributed by atoms with Crippen LogP contribution in [0.2, 0.25) is 0 Å². The van der Waals surface area contributed by atoms with Gasteiger partial charge >= 0.3 is 0 Å². The summed E-state index contributed by atoms with van der Waals surface area (Å²) < 4.78 is 5.57. The maximum atomic E-state index is 5.57. The lowest BCUT2D eigenvalue weighted by Crippen LogP contribution is -1.96. The molecule has 1 aromatic carbocycles. The van der Waals surface area contributed by atoms with Crippen molar-refractivity contribution < 1.29 is 4.74 Å². The number of pyridine rings is 1. The third-order valence-electron chi connectivity index (χ3n) is 2.40. The van der Waals surface area contributed by atoms with Gasteiger partial charge in [0.25, 0.3) is 0 Å². The highest BCUT2D eigenvalue weighted by atomic mass is 32.1. The van der Waals surface area contributed by atoms with Crippen LogP contribution in [0, 0.1) is 6.92 Å². The largest absolute Gasteiger partial charge is 0.473 e. The molecule has 3 nitrogen and oxygen atoms in total. The number of benzene rings is 1. The molecule has 1 aromatic heterocycles. The minimum atomic E-state index is 0.503. The van der Waals surface area contributed by atoms with Gasteiger partial charge in [0.15, 0.2) is 0 Å². The van der Waals surface area contributed by atoms with Crippen LogP contribution in [0.15, 0.2) is 47.6 Å². The fourth-order valence-electron chi connectivity index (χ4n) is 1.42. The quantitative estimate of drug-likeness (QED) is 0.618. The highest BCUT2D eigenvalue weighted by Crippen LogP contribution is 2.15. The number of aryl methyl sites for hydroxylation is 1. The molecule has 0 aliphatic rings. The Morgan fingerprint density at radius 2 is 2.00 bits per heavy atom. The molecule has 4 heteroatoms. The Morgan fingerprint density at radius 3 is 2.61 bits per heavy atom. The summed E-state index contributed by atoms with van der Waals surface area (Å²) in [6.45, 7) is 2.56. The van der Waals surface area contributed by atoms with E-state index in [4.69, 9.17) is 4.74 Å². The topological polar surface area (TPSA) is 34.5 Å². The summed E-state index contributed by atoms with van der Waals surface area (Å²) in [5.41, 5.74) is 3.02. The minimum absolute atomic E-state index is 0.503. The highest BCUT2D eigenvalue weighted by Gasteiger charge is 1.97. The van der Waals surface area contributed by atoms with E-state index >= 15 is 0 Å². The SMILES string of the molecule is Cc1ccc(COc2ccc(N=C=S)cn2)cc1. The molecule has 0 amide bonds. The van der Waals surface area contributed by atoms with E-state index in [0.717, 1.165) is 5.56 Å². The van der Waals surface area contributed by atoms with E-state index in [0.29, 0.717) is 18.2 Å². The fraction of sp³-hybridized carbons (Fsp3) is 0.143. The molecule has 2 aromatic rings. The highest BCUT2D eigenvalue weighted by molar-refractivity contribution is 7.78. The average Bonchev–Trinajstić information content (AvgIpc) is 2.40. The summed E-state index contributed by atoms with van der Waals surface area (Å²) in [6, 6.07) is 11.8. The smallest absolute Gasteiger partial charge is 0.213 e. The van der Waals surface area contributed by atoms with Gasteiger partial charge in [-0.05, 0) is 30.8 Å². The van der Waals surface area contributed by atoms with Crippen LogP contribution in [0.5, 0.6) is 5.88 Å². The molecule has 0 spiro atoms. The molecule has 0 saturated heterocycles. The predicted molar refractivity (Wildman–Crippen MR) is 74.4 cm³/mol. The van der Waals surface area contributed by atoms with Crippen molar-refractivity contribution in [3.63, 3.8) is 0 Å². The molecular formula is C14H12N2OS. The molecule has 0 fully saturated rings. The number of aliphatic imine (C=N–C) groups is 1. The summed E-state index contributed by atoms with van der Waals surface area (Å²) >= 11 is 4.52. The third kappa shape index (κ3) is 3.48. The summed E-state index contributed by atoms with van der Waals surface area (Å²) in [6.07, 6.45) is 1.60. The van der Waals surface area contributed by atoms with Crippen LogP contribution >= 0.6 is 12.2 Å². The first-order valence-electron chi connectivity index (χ1n) is 5.50. The molecule has 18 heavy (non-hydrogen) atoms. The summed E-state index contributed by atoms with van der Waals surface area (Å²) in [4.78, 5) is 7.95. The van der Waals surface area contributed by atoms with Gasteiger partial charge in [0, 0.05) is 6.07 Å². The van der Waals surface area contributed by atoms with Crippen LogP contribution in [0.3, 0.4) is 0 Å². The number of ether oxygens (including phenoxy) is 1. The molecule has 2 rings (SSSR count). The van der Waals surface area contributed by atoms with Crippen LogP contribution in [0.25, 0.3) is 0 Å². The first kappa shape index (κ1) is 12.4. The number of rotatable bonds is 4. The molecule has 0 atom stereocenters. The molecule has 0 aliphatic carbocycles. The Bertz CT molecular complexity index is 557. The second-order valence-electron chi connectivity index (χ2n) is 3.83. The molecule has 0 unspecified atom stereocenters. The maximum absolute atomic E-state index is 5.57. The van der Waals surface area contributed by atoms with Gasteiger partial charge in [0.1, 0.15) is 6.61 Å². The average molecular weight is 256 g/mol. The van der Waals surface area contributed by atoms with Gasteiger partial charge < -0.3 is 4.74 Å². The van der Waals surface area contributed by atoms with E-state index in [2.05, 4.69) is 46.4 Å². The molecule has 0 N–H and O–H groups in total. The van der Waals surface area contributed by atoms with Gasteiger partial charge in [-0.15, -0.1) is 0 Å². The Kier molecular flexibility index (Phi) is 4.18. The summed E-state index contributed by atoms with van der Waals surface area (Å²) in [7, 11) is 0. The van der Waals surface area contributed by atoms with Crippen molar-refractivity contribution in [3.05, 3.63) is 53.7 Å². The summed E-state index contributed by atoms with van der Waals surface area (Å²) in [5, 5.41) is 2.29. The standard InChI is InChI=1S/C14H12N2OS/c1-11-2-4-12(5-3-11)9-17-14-7-6-13(8-15-14)16-10-18/h2-8H,9H2,1H3. The fourth-order valence-corrected chi connectivity index (χ4v) is 1.52. The molecule has 0 bridgehead atoms. The van der Waals surface area contributed by atoms with Crippen LogP contribution in [-0.4, -0.2) is 10.1 Å². The number of nitrogens with zero attached hydrogens (tertiary/aromatic N) is 2. The van der Waals surface area contributed by atoms with E-state index < -0.39 is 0 Å². The first-order valence-corrected chi connectivity index (χ1v) is 5.91. The Hall–Kier alpha value is -2.03. The van der Waals surface area contributed by atoms with Crippen LogP contribution < -0.4 is 4.74 Å². The Labute approximate surface area is 111 Å². The molecular weight excluding hydrogens is 244 g/mol. The maximum Gasteiger partial charge on any atom is 0.213 e. The minimum Gasteiger partial charge on any atom is -0.473 e. The Balaban J connectivity index is 1.97. The van der Waals surface area contributed by atoms with Gasteiger partial charge in [-0.3, -0.25) is 0 Å². The van der Waals surface area contributed by atoms with Crippen molar-refractivity contribution in [3.8, 4) is 5.88 Å². The Morgan fingerprint density at radius 1 is 1.22 bits per heavy atom. The number of thiocarbonyl (C=S) groups is 1. The van der Waals surface area contributed by atoms with Crippen molar-refractivity contribution >= 4 is 23.1 Å². The number of aromatic nitrogens is 1. The van der Waals surface area contributed by atoms with Gasteiger partial charge in [-0.25, -0.2) is 4.98 Å². The zero-order valence-corrected chi connectivity index (χ0v) is 10.8. The summed E-state index contributed by atoms with van der Waals surface area (Å²) in [5.74, 6) is 0.568. The van der Waals surface area contributed by atoms with Crippen molar-refractivity contribution in [2.24, 2.45) is 4.99 Å². The lowest BCUT2D eigenvalue weighted by Gasteiger charge is -2.05. The van der Waals surface area contributed by atoms with E-state index in [1.165, 1.54) is 5.56 Å². The van der Waals surface area contributed by atoms with Gasteiger partial charge in [0.2, 0.25) is 5.88 Å². The lowest BCUT2D eigenvalue weighted by atomic mass is 10.2. The number of isothiocyanates is 1. The second kappa shape index (κ2) is 6.05. The molecule has 0 saturated carbocycles. The van der Waals surface area contributed by atoms with Gasteiger partial charge in [-0.2, -0.15) is 4.99 Å². The zero-order chi connectivity index (χ0) is 12.8. The molecule has 1 heterocycles. The van der Waals surface area contributed by atoms with Crippen molar-refractivity contribution in [1.82, 2.24) is 4.98 Å². The van der Waals surface area contributed by atoms with Crippen molar-refractivity contribution in [2.75, 3.05) is 0 Å². The zero-order valence-electron chi connectivity index (χ0n) is 9.96. The number of hydrogen-bond acceptors (Lipinski definition) is 4. The van der Waals surface area contributed by atoms with Crippen LogP contribution in [0.1, 0.15) is 11.1 Å². The van der Waals surface area contributed by atoms with E-state index in [-0.39, 0.29) is 0 Å². The monoisotopic (exact) mass is 256 g/mol. The lowest BCUT2D eigenvalue weighted by molar-refractivity contribution is 0.294. The van der Waals surface area contributed by atoms with Crippen LogP contribution in [-0.2, 0) is 6.61 Å². The normalized spacial score (nSPS) is 9.61. The van der Waals surface area contributed by atoms with Crippen molar-refractivity contribution in [1.29, 1.82) is 0 Å².